The summed E-state index contributed by atoms with van der Waals surface area (Å²) in [5.74, 6) is -1.07. The van der Waals surface area contributed by atoms with E-state index in [-0.39, 0.29) is 11.5 Å². The Labute approximate surface area is 115 Å². The van der Waals surface area contributed by atoms with Gasteiger partial charge in [-0.2, -0.15) is 0 Å². The van der Waals surface area contributed by atoms with Crippen LogP contribution in [-0.2, 0) is 9.53 Å². The third-order valence-corrected chi connectivity index (χ3v) is 2.43. The van der Waals surface area contributed by atoms with Gasteiger partial charge in [0.1, 0.15) is 5.56 Å². The van der Waals surface area contributed by atoms with Crippen molar-refractivity contribution in [1.29, 1.82) is 0 Å². The lowest BCUT2D eigenvalue weighted by Crippen LogP contribution is -2.39. The van der Waals surface area contributed by atoms with E-state index in [4.69, 9.17) is 9.26 Å². The van der Waals surface area contributed by atoms with Gasteiger partial charge in [0, 0.05) is 13.0 Å². The van der Waals surface area contributed by atoms with Crippen LogP contribution in [0.15, 0.2) is 4.52 Å². The number of aromatic nitrogens is 1. The fraction of sp³-hybridized carbons (Fsp3) is 0.500. The number of ether oxygens (including phenoxy) is 1. The molecule has 1 rings (SSSR count). The standard InChI is InChI=1S/C12H17N3O5/c1-6(2)10-9(7(3)15-20-10)11(17)19-5-8(16)14-12(18)13-4/h6H,5H2,1-4H3,(H2,13,14,16,18). The van der Waals surface area contributed by atoms with Gasteiger partial charge in [0.15, 0.2) is 12.4 Å². The SMILES string of the molecule is CNC(=O)NC(=O)COC(=O)c1c(C)noc1C(C)C. The number of carbonyl (C=O) groups is 3. The predicted molar refractivity (Wildman–Crippen MR) is 68.2 cm³/mol. The van der Waals surface area contributed by atoms with E-state index >= 15 is 0 Å². The Bertz CT molecular complexity index is 521. The number of nitrogens with one attached hydrogen (secondary N) is 2. The molecule has 0 saturated carbocycles. The van der Waals surface area contributed by atoms with Crippen molar-refractivity contribution in [1.82, 2.24) is 15.8 Å². The Morgan fingerprint density at radius 1 is 1.35 bits per heavy atom. The second-order valence-corrected chi connectivity index (χ2v) is 4.37. The molecular weight excluding hydrogens is 266 g/mol. The maximum Gasteiger partial charge on any atom is 0.344 e. The van der Waals surface area contributed by atoms with Gasteiger partial charge >= 0.3 is 12.0 Å². The average molecular weight is 283 g/mol. The lowest BCUT2D eigenvalue weighted by atomic mass is 10.1. The smallest absolute Gasteiger partial charge is 0.344 e. The van der Waals surface area contributed by atoms with Crippen LogP contribution in [0.5, 0.6) is 0 Å². The van der Waals surface area contributed by atoms with Gasteiger partial charge in [0.05, 0.1) is 5.69 Å². The average Bonchev–Trinajstić information content (AvgIpc) is 2.78. The molecule has 0 fully saturated rings. The summed E-state index contributed by atoms with van der Waals surface area (Å²) in [5, 5.41) is 7.89. The van der Waals surface area contributed by atoms with Crippen LogP contribution in [0.4, 0.5) is 4.79 Å². The van der Waals surface area contributed by atoms with Crippen LogP contribution < -0.4 is 10.6 Å². The molecule has 1 aromatic heterocycles. The summed E-state index contributed by atoms with van der Waals surface area (Å²) in [6.45, 7) is 4.73. The van der Waals surface area contributed by atoms with E-state index in [1.54, 1.807) is 6.92 Å². The van der Waals surface area contributed by atoms with Crippen LogP contribution in [0.3, 0.4) is 0 Å². The van der Waals surface area contributed by atoms with Crippen LogP contribution in [0, 0.1) is 6.92 Å². The summed E-state index contributed by atoms with van der Waals surface area (Å²) < 4.78 is 9.89. The van der Waals surface area contributed by atoms with Crippen LogP contribution in [0.2, 0.25) is 0 Å². The van der Waals surface area contributed by atoms with Crippen molar-refractivity contribution >= 4 is 17.9 Å². The highest BCUT2D eigenvalue weighted by Gasteiger charge is 2.24. The molecule has 2 N–H and O–H groups in total. The Morgan fingerprint density at radius 3 is 2.55 bits per heavy atom. The third-order valence-electron chi connectivity index (χ3n) is 2.43. The topological polar surface area (TPSA) is 111 Å². The molecule has 0 spiro atoms. The second kappa shape index (κ2) is 6.69. The minimum absolute atomic E-state index is 0.0431. The first kappa shape index (κ1) is 15.7. The van der Waals surface area contributed by atoms with Crippen LogP contribution in [0.1, 0.15) is 41.6 Å². The predicted octanol–water partition coefficient (Wildman–Crippen LogP) is 0.719. The van der Waals surface area contributed by atoms with E-state index in [0.29, 0.717) is 11.5 Å². The van der Waals surface area contributed by atoms with Crippen molar-refractivity contribution in [3.05, 3.63) is 17.0 Å². The summed E-state index contributed by atoms with van der Waals surface area (Å²) >= 11 is 0. The fourth-order valence-corrected chi connectivity index (χ4v) is 1.46. The van der Waals surface area contributed by atoms with Gasteiger partial charge in [-0.05, 0) is 6.92 Å². The molecule has 0 saturated heterocycles. The summed E-state index contributed by atoms with van der Waals surface area (Å²) in [7, 11) is 1.37. The molecular formula is C12H17N3O5. The number of hydrogen-bond acceptors (Lipinski definition) is 6. The van der Waals surface area contributed by atoms with E-state index < -0.39 is 24.5 Å². The third kappa shape index (κ3) is 3.81. The number of esters is 1. The molecule has 3 amide bonds. The Kier molecular flexibility index (Phi) is 5.24. The van der Waals surface area contributed by atoms with E-state index in [1.165, 1.54) is 7.05 Å². The van der Waals surface area contributed by atoms with E-state index in [0.717, 1.165) is 0 Å². The second-order valence-electron chi connectivity index (χ2n) is 4.37. The van der Waals surface area contributed by atoms with Crippen molar-refractivity contribution in [2.24, 2.45) is 0 Å². The molecule has 0 atom stereocenters. The first-order chi connectivity index (χ1) is 9.36. The number of rotatable bonds is 4. The molecule has 0 bridgehead atoms. The molecule has 8 nitrogen and oxygen atoms in total. The van der Waals surface area contributed by atoms with Crippen molar-refractivity contribution in [3.63, 3.8) is 0 Å². The zero-order valence-electron chi connectivity index (χ0n) is 11.8. The number of amides is 3. The van der Waals surface area contributed by atoms with Gasteiger partial charge in [-0.3, -0.25) is 10.1 Å². The molecule has 1 aromatic rings. The van der Waals surface area contributed by atoms with Crippen molar-refractivity contribution in [3.8, 4) is 0 Å². The van der Waals surface area contributed by atoms with Crippen molar-refractivity contribution < 1.29 is 23.6 Å². The molecule has 110 valence electrons. The summed E-state index contributed by atoms with van der Waals surface area (Å²) in [6, 6.07) is -0.671. The number of urea groups is 1. The van der Waals surface area contributed by atoms with Crippen LogP contribution >= 0.6 is 0 Å². The summed E-state index contributed by atoms with van der Waals surface area (Å²) in [5.41, 5.74) is 0.609. The molecule has 0 radical (unpaired) electrons. The highest BCUT2D eigenvalue weighted by molar-refractivity contribution is 5.97. The first-order valence-corrected chi connectivity index (χ1v) is 6.01. The van der Waals surface area contributed by atoms with Gasteiger partial charge in [-0.1, -0.05) is 19.0 Å². The monoisotopic (exact) mass is 283 g/mol. The van der Waals surface area contributed by atoms with Gasteiger partial charge in [0.25, 0.3) is 5.91 Å². The molecule has 0 aliphatic carbocycles. The normalized spacial score (nSPS) is 10.2. The number of carbonyl (C=O) groups excluding carboxylic acids is 3. The highest BCUT2D eigenvalue weighted by Crippen LogP contribution is 2.22. The molecule has 8 heteroatoms. The van der Waals surface area contributed by atoms with E-state index in [1.807, 2.05) is 19.2 Å². The maximum atomic E-state index is 11.9. The van der Waals surface area contributed by atoms with Gasteiger partial charge in [0.2, 0.25) is 0 Å². The molecule has 0 unspecified atom stereocenters. The molecule has 20 heavy (non-hydrogen) atoms. The van der Waals surface area contributed by atoms with Crippen molar-refractivity contribution in [2.45, 2.75) is 26.7 Å². The summed E-state index contributed by atoms with van der Waals surface area (Å²) in [4.78, 5) is 34.1. The van der Waals surface area contributed by atoms with E-state index in [9.17, 15) is 14.4 Å². The molecule has 1 heterocycles. The van der Waals surface area contributed by atoms with Crippen molar-refractivity contribution in [2.75, 3.05) is 13.7 Å². The Balaban J connectivity index is 2.66. The Hall–Kier alpha value is -2.38. The Morgan fingerprint density at radius 2 is 2.00 bits per heavy atom. The zero-order valence-corrected chi connectivity index (χ0v) is 11.8. The molecule has 0 aliphatic rings. The minimum atomic E-state index is -0.724. The fourth-order valence-electron chi connectivity index (χ4n) is 1.46. The number of aryl methyl sites for hydroxylation is 1. The van der Waals surface area contributed by atoms with Gasteiger partial charge < -0.3 is 14.6 Å². The van der Waals surface area contributed by atoms with Gasteiger partial charge in [-0.15, -0.1) is 0 Å². The lowest BCUT2D eigenvalue weighted by Gasteiger charge is -2.06. The van der Waals surface area contributed by atoms with Crippen LogP contribution in [-0.4, -0.2) is 36.7 Å². The van der Waals surface area contributed by atoms with Crippen LogP contribution in [0.25, 0.3) is 0 Å². The molecule has 0 aromatic carbocycles. The number of nitrogens with zero attached hydrogens (tertiary/aromatic N) is 1. The minimum Gasteiger partial charge on any atom is -0.452 e. The largest absolute Gasteiger partial charge is 0.452 e. The number of imide groups is 1. The zero-order chi connectivity index (χ0) is 15.3. The maximum absolute atomic E-state index is 11.9. The number of hydrogen-bond donors (Lipinski definition) is 2. The lowest BCUT2D eigenvalue weighted by molar-refractivity contribution is -0.123. The van der Waals surface area contributed by atoms with Gasteiger partial charge in [-0.25, -0.2) is 9.59 Å². The quantitative estimate of drug-likeness (QED) is 0.788. The summed E-state index contributed by atoms with van der Waals surface area (Å²) in [6.07, 6.45) is 0. The van der Waals surface area contributed by atoms with E-state index in [2.05, 4.69) is 10.5 Å². The highest BCUT2D eigenvalue weighted by atomic mass is 16.5. The first-order valence-electron chi connectivity index (χ1n) is 6.01. The molecule has 0 aliphatic heterocycles.